The average molecular weight is 338 g/mol. The normalized spacial score (nSPS) is 11.4. The molecule has 1 rings (SSSR count). The minimum atomic E-state index is -0.916. The summed E-state index contributed by atoms with van der Waals surface area (Å²) in [5.41, 5.74) is 0. The molecule has 0 spiro atoms. The molecule has 16 heavy (non-hydrogen) atoms. The molecule has 0 aliphatic carbocycles. The van der Waals surface area contributed by atoms with Gasteiger partial charge in [-0.1, -0.05) is 0 Å². The Hall–Kier alpha value is 0.306. The molecule has 0 N–H and O–H groups in total. The molecule has 0 fully saturated rings. The molecule has 0 aromatic heterocycles. The molecular weight excluding hydrogens is 313 g/mol. The van der Waals surface area contributed by atoms with E-state index in [-0.39, 0.29) is 0 Å². The molecule has 0 saturated carbocycles. The van der Waals surface area contributed by atoms with Gasteiger partial charge in [-0.2, -0.15) is 0 Å². The van der Waals surface area contributed by atoms with Gasteiger partial charge in [0.2, 0.25) is 0 Å². The molecule has 0 bridgehead atoms. The van der Waals surface area contributed by atoms with Gasteiger partial charge in [0.25, 0.3) is 0 Å². The van der Waals surface area contributed by atoms with E-state index < -0.39 is 28.7 Å². The van der Waals surface area contributed by atoms with E-state index in [4.69, 9.17) is 0 Å². The van der Waals surface area contributed by atoms with Crippen LogP contribution < -0.4 is 8.79 Å². The van der Waals surface area contributed by atoms with Gasteiger partial charge in [0, 0.05) is 0 Å². The molecule has 0 aliphatic rings. The molecule has 2 heteroatoms. The monoisotopic (exact) mass is 340 g/mol. The van der Waals surface area contributed by atoms with E-state index in [2.05, 4.69) is 52.0 Å². The van der Waals surface area contributed by atoms with Gasteiger partial charge in [0.05, 0.1) is 0 Å². The topological polar surface area (TPSA) is 0 Å². The summed E-state index contributed by atoms with van der Waals surface area (Å²) in [6.45, 7) is 9.58. The molecule has 0 unspecified atom stereocenters. The van der Waals surface area contributed by atoms with Crippen LogP contribution in [0.15, 0.2) is 24.3 Å². The third-order valence-electron chi connectivity index (χ3n) is 3.40. The van der Waals surface area contributed by atoms with Crippen LogP contribution in [0.1, 0.15) is 27.7 Å². The SMILES string of the molecule is C[CH2][Ge]([CH2]C)[c]1cccc[c]1[Ge]([CH2]C)[CH2]C. The van der Waals surface area contributed by atoms with Crippen LogP contribution in [0.2, 0.25) is 21.0 Å². The summed E-state index contributed by atoms with van der Waals surface area (Å²) in [7, 11) is 0. The van der Waals surface area contributed by atoms with Gasteiger partial charge in [-0.3, -0.25) is 0 Å². The Balaban J connectivity index is 3.07. The zero-order valence-corrected chi connectivity index (χ0v) is 15.3. The van der Waals surface area contributed by atoms with Crippen molar-refractivity contribution in [3.05, 3.63) is 24.3 Å². The van der Waals surface area contributed by atoms with Crippen LogP contribution in [0.3, 0.4) is 0 Å². The van der Waals surface area contributed by atoms with E-state index in [9.17, 15) is 0 Å². The summed E-state index contributed by atoms with van der Waals surface area (Å²) < 4.78 is 3.68. The first kappa shape index (κ1) is 14.4. The van der Waals surface area contributed by atoms with E-state index in [1.807, 2.05) is 8.79 Å². The average Bonchev–Trinajstić information content (AvgIpc) is 2.34. The van der Waals surface area contributed by atoms with Crippen molar-refractivity contribution in [2.75, 3.05) is 0 Å². The van der Waals surface area contributed by atoms with Gasteiger partial charge < -0.3 is 0 Å². The van der Waals surface area contributed by atoms with E-state index >= 15 is 0 Å². The maximum absolute atomic E-state index is 2.45. The van der Waals surface area contributed by atoms with Gasteiger partial charge in [0.15, 0.2) is 0 Å². The van der Waals surface area contributed by atoms with E-state index in [0.717, 1.165) is 0 Å². The van der Waals surface area contributed by atoms with Crippen LogP contribution in [0.5, 0.6) is 0 Å². The van der Waals surface area contributed by atoms with Crippen LogP contribution in [0.4, 0.5) is 0 Å². The molecular formula is C14H24Ge2. The first-order valence-electron chi connectivity index (χ1n) is 6.57. The molecule has 0 heterocycles. The predicted molar refractivity (Wildman–Crippen MR) is 79.1 cm³/mol. The Morgan fingerprint density at radius 2 is 1.00 bits per heavy atom. The first-order valence-corrected chi connectivity index (χ1v) is 14.6. The number of benzene rings is 1. The van der Waals surface area contributed by atoms with Gasteiger partial charge in [-0.15, -0.1) is 0 Å². The molecule has 2 radical (unpaired) electrons. The van der Waals surface area contributed by atoms with Gasteiger partial charge in [0.1, 0.15) is 0 Å². The third-order valence-corrected chi connectivity index (χ3v) is 16.7. The maximum atomic E-state index is 2.45. The summed E-state index contributed by atoms with van der Waals surface area (Å²) in [5, 5.41) is 5.80. The van der Waals surface area contributed by atoms with Crippen LogP contribution in [0.25, 0.3) is 0 Å². The zero-order chi connectivity index (χ0) is 12.0. The summed E-state index contributed by atoms with van der Waals surface area (Å²) >= 11 is -1.83. The third kappa shape index (κ3) is 3.40. The molecule has 0 saturated heterocycles. The molecule has 0 nitrogen and oxygen atoms in total. The molecule has 0 amide bonds. The standard InChI is InChI=1S/C14H24Ge2/c1-5-15(6-2)13-11-9-10-12-14(13)16(7-3)8-4/h9-12H,5-8H2,1-4H3. The van der Waals surface area contributed by atoms with Crippen molar-refractivity contribution in [3.8, 4) is 0 Å². The van der Waals surface area contributed by atoms with Crippen molar-refractivity contribution < 1.29 is 0 Å². The summed E-state index contributed by atoms with van der Waals surface area (Å²) in [6, 6.07) is 9.43. The summed E-state index contributed by atoms with van der Waals surface area (Å²) in [5.74, 6) is 0. The van der Waals surface area contributed by atoms with Crippen LogP contribution in [-0.2, 0) is 0 Å². The van der Waals surface area contributed by atoms with Gasteiger partial charge in [-0.05, 0) is 0 Å². The van der Waals surface area contributed by atoms with Gasteiger partial charge >= 0.3 is 110 Å². The summed E-state index contributed by atoms with van der Waals surface area (Å²) in [6.07, 6.45) is 0. The summed E-state index contributed by atoms with van der Waals surface area (Å²) in [4.78, 5) is 0. The molecule has 1 aromatic carbocycles. The van der Waals surface area contributed by atoms with Crippen molar-refractivity contribution in [2.45, 2.75) is 48.7 Å². The van der Waals surface area contributed by atoms with Crippen molar-refractivity contribution in [3.63, 3.8) is 0 Å². The van der Waals surface area contributed by atoms with Crippen molar-refractivity contribution in [1.82, 2.24) is 0 Å². The molecule has 0 aliphatic heterocycles. The van der Waals surface area contributed by atoms with Crippen LogP contribution in [-0.4, -0.2) is 28.7 Å². The quantitative estimate of drug-likeness (QED) is 0.700. The Bertz CT molecular complexity index is 270. The fraction of sp³-hybridized carbons (Fsp3) is 0.571. The molecule has 1 aromatic rings. The second kappa shape index (κ2) is 7.60. The second-order valence-corrected chi connectivity index (χ2v) is 17.4. The fourth-order valence-electron chi connectivity index (χ4n) is 2.36. The van der Waals surface area contributed by atoms with E-state index in [1.165, 1.54) is 21.0 Å². The number of hydrogen-bond donors (Lipinski definition) is 0. The Labute approximate surface area is 110 Å². The van der Waals surface area contributed by atoms with Crippen molar-refractivity contribution in [2.24, 2.45) is 0 Å². The van der Waals surface area contributed by atoms with Crippen molar-refractivity contribution in [1.29, 1.82) is 0 Å². The fourth-order valence-corrected chi connectivity index (χ4v) is 14.9. The molecule has 88 valence electrons. The van der Waals surface area contributed by atoms with E-state index in [1.54, 1.807) is 0 Å². The Kier molecular flexibility index (Phi) is 6.82. The predicted octanol–water partition coefficient (Wildman–Crippen LogP) is 3.17. The zero-order valence-electron chi connectivity index (χ0n) is 11.1. The molecule has 0 atom stereocenters. The van der Waals surface area contributed by atoms with Crippen molar-refractivity contribution >= 4 is 37.5 Å². The minimum absolute atomic E-state index is 0.916. The number of rotatable bonds is 6. The van der Waals surface area contributed by atoms with Gasteiger partial charge in [-0.25, -0.2) is 0 Å². The Morgan fingerprint density at radius 3 is 1.25 bits per heavy atom. The number of hydrogen-bond acceptors (Lipinski definition) is 0. The van der Waals surface area contributed by atoms with Crippen LogP contribution in [0, 0.1) is 0 Å². The van der Waals surface area contributed by atoms with Crippen LogP contribution >= 0.6 is 0 Å². The van der Waals surface area contributed by atoms with E-state index in [0.29, 0.717) is 0 Å². The second-order valence-electron chi connectivity index (χ2n) is 4.17. The first-order chi connectivity index (χ1) is 7.78. The Morgan fingerprint density at radius 1 is 0.688 bits per heavy atom.